The van der Waals surface area contributed by atoms with E-state index >= 15 is 0 Å². The molecule has 1 heterocycles. The average molecular weight is 330 g/mol. The van der Waals surface area contributed by atoms with E-state index in [1.807, 2.05) is 13.0 Å². The highest BCUT2D eigenvalue weighted by Gasteiger charge is 2.18. The first-order valence-corrected chi connectivity index (χ1v) is 8.11. The van der Waals surface area contributed by atoms with Crippen LogP contribution in [0.2, 0.25) is 0 Å². The van der Waals surface area contributed by atoms with Crippen LogP contribution in [0.3, 0.4) is 0 Å². The van der Waals surface area contributed by atoms with Gasteiger partial charge in [-0.1, -0.05) is 25.1 Å². The van der Waals surface area contributed by atoms with Gasteiger partial charge in [-0.05, 0) is 53.8 Å². The Kier molecular flexibility index (Phi) is 4.90. The molecule has 1 amide bonds. The van der Waals surface area contributed by atoms with Gasteiger partial charge < -0.3 is 10.6 Å². The molecule has 1 aliphatic rings. The first kappa shape index (κ1) is 16.6. The van der Waals surface area contributed by atoms with Crippen molar-refractivity contribution in [2.24, 2.45) is 0 Å². The zero-order valence-electron chi connectivity index (χ0n) is 13.5. The normalized spacial score (nSPS) is 14.8. The second kappa shape index (κ2) is 7.09. The molecular weight excluding hydrogens is 310 g/mol. The molecule has 5 heteroatoms. The molecule has 2 aromatic carbocycles. The molecule has 2 aromatic rings. The summed E-state index contributed by atoms with van der Waals surface area (Å²) in [6.07, 6.45) is 0.784. The van der Waals surface area contributed by atoms with Gasteiger partial charge in [0.15, 0.2) is 0 Å². The first-order valence-electron chi connectivity index (χ1n) is 8.11. The maximum absolute atomic E-state index is 14.5. The van der Waals surface area contributed by atoms with Crippen LogP contribution in [0.15, 0.2) is 36.4 Å². The molecule has 0 saturated heterocycles. The second-order valence-corrected chi connectivity index (χ2v) is 6.20. The number of fused-ring (bicyclic) bond motifs is 1. The van der Waals surface area contributed by atoms with Crippen molar-refractivity contribution in [3.05, 3.63) is 64.7 Å². The summed E-state index contributed by atoms with van der Waals surface area (Å²) in [5, 5.41) is 5.84. The summed E-state index contributed by atoms with van der Waals surface area (Å²) in [6.45, 7) is 3.23. The van der Waals surface area contributed by atoms with E-state index in [0.29, 0.717) is 18.5 Å². The SMILES string of the molecule is CC(CC(=O)Nc1ccc2c(c1F)CCNC2)c1cccc(F)c1. The van der Waals surface area contributed by atoms with Crippen LogP contribution in [-0.4, -0.2) is 12.5 Å². The van der Waals surface area contributed by atoms with E-state index in [-0.39, 0.29) is 35.6 Å². The predicted octanol–water partition coefficient (Wildman–Crippen LogP) is 3.74. The Morgan fingerprint density at radius 2 is 2.12 bits per heavy atom. The molecule has 0 radical (unpaired) electrons. The number of nitrogens with one attached hydrogen (secondary N) is 2. The van der Waals surface area contributed by atoms with Crippen LogP contribution < -0.4 is 10.6 Å². The minimum atomic E-state index is -0.347. The average Bonchev–Trinajstić information content (AvgIpc) is 2.57. The molecular formula is C19H20F2N2O. The molecule has 0 aliphatic carbocycles. The molecule has 1 atom stereocenters. The van der Waals surface area contributed by atoms with Gasteiger partial charge in [-0.2, -0.15) is 0 Å². The molecule has 126 valence electrons. The topological polar surface area (TPSA) is 41.1 Å². The number of halogens is 2. The largest absolute Gasteiger partial charge is 0.324 e. The van der Waals surface area contributed by atoms with Crippen molar-refractivity contribution in [2.45, 2.75) is 32.2 Å². The van der Waals surface area contributed by atoms with E-state index in [9.17, 15) is 13.6 Å². The van der Waals surface area contributed by atoms with E-state index in [1.54, 1.807) is 18.2 Å². The summed E-state index contributed by atoms with van der Waals surface area (Å²) in [6, 6.07) is 9.64. The Morgan fingerprint density at radius 1 is 1.29 bits per heavy atom. The molecule has 1 aliphatic heterocycles. The number of benzene rings is 2. The van der Waals surface area contributed by atoms with Crippen LogP contribution in [0.5, 0.6) is 0 Å². The monoisotopic (exact) mass is 330 g/mol. The van der Waals surface area contributed by atoms with Crippen molar-refractivity contribution in [3.8, 4) is 0 Å². The quantitative estimate of drug-likeness (QED) is 0.896. The predicted molar refractivity (Wildman–Crippen MR) is 89.9 cm³/mol. The number of hydrogen-bond acceptors (Lipinski definition) is 2. The fraction of sp³-hybridized carbons (Fsp3) is 0.316. The second-order valence-electron chi connectivity index (χ2n) is 6.20. The number of carbonyl (C=O) groups excluding carboxylic acids is 1. The number of amides is 1. The molecule has 0 fully saturated rings. The van der Waals surface area contributed by atoms with Crippen molar-refractivity contribution in [3.63, 3.8) is 0 Å². The van der Waals surface area contributed by atoms with Crippen LogP contribution in [-0.2, 0) is 17.8 Å². The zero-order valence-corrected chi connectivity index (χ0v) is 13.5. The minimum absolute atomic E-state index is 0.148. The molecule has 0 saturated carbocycles. The van der Waals surface area contributed by atoms with Crippen LogP contribution in [0.1, 0.15) is 36.0 Å². The van der Waals surface area contributed by atoms with Crippen molar-refractivity contribution in [2.75, 3.05) is 11.9 Å². The molecule has 0 aromatic heterocycles. The number of anilines is 1. The fourth-order valence-corrected chi connectivity index (χ4v) is 3.04. The summed E-state index contributed by atoms with van der Waals surface area (Å²) < 4.78 is 27.8. The first-order chi connectivity index (χ1) is 11.5. The lowest BCUT2D eigenvalue weighted by atomic mass is 9.97. The highest BCUT2D eigenvalue weighted by Crippen LogP contribution is 2.26. The van der Waals surface area contributed by atoms with Gasteiger partial charge in [0.1, 0.15) is 11.6 Å². The summed E-state index contributed by atoms with van der Waals surface area (Å²) in [7, 11) is 0. The number of carbonyl (C=O) groups is 1. The lowest BCUT2D eigenvalue weighted by Crippen LogP contribution is -2.25. The Bertz CT molecular complexity index is 761. The lowest BCUT2D eigenvalue weighted by molar-refractivity contribution is -0.116. The standard InChI is InChI=1S/C19H20F2N2O/c1-12(13-3-2-4-15(20)10-13)9-18(24)23-17-6-5-14-11-22-8-7-16(14)19(17)21/h2-6,10,12,22H,7-9,11H2,1H3,(H,23,24). The van der Waals surface area contributed by atoms with Crippen LogP contribution >= 0.6 is 0 Å². The molecule has 2 N–H and O–H groups in total. The molecule has 3 nitrogen and oxygen atoms in total. The van der Waals surface area contributed by atoms with Crippen LogP contribution in [0.4, 0.5) is 14.5 Å². The van der Waals surface area contributed by atoms with Gasteiger partial charge >= 0.3 is 0 Å². The van der Waals surface area contributed by atoms with E-state index < -0.39 is 0 Å². The summed E-state index contributed by atoms with van der Waals surface area (Å²) in [5.41, 5.74) is 2.57. The zero-order chi connectivity index (χ0) is 17.1. The van der Waals surface area contributed by atoms with Gasteiger partial charge in [-0.15, -0.1) is 0 Å². The van der Waals surface area contributed by atoms with E-state index in [1.165, 1.54) is 12.1 Å². The van der Waals surface area contributed by atoms with E-state index in [2.05, 4.69) is 10.6 Å². The Morgan fingerprint density at radius 3 is 2.92 bits per heavy atom. The summed E-state index contributed by atoms with van der Waals surface area (Å²) in [4.78, 5) is 12.2. The Hall–Kier alpha value is -2.27. The highest BCUT2D eigenvalue weighted by molar-refractivity contribution is 5.91. The van der Waals surface area contributed by atoms with Gasteiger partial charge in [0.2, 0.25) is 5.91 Å². The molecule has 3 rings (SSSR count). The number of hydrogen-bond donors (Lipinski definition) is 2. The third-order valence-corrected chi connectivity index (χ3v) is 4.39. The smallest absolute Gasteiger partial charge is 0.225 e. The lowest BCUT2D eigenvalue weighted by Gasteiger charge is -2.20. The molecule has 0 bridgehead atoms. The van der Waals surface area contributed by atoms with Crippen molar-refractivity contribution < 1.29 is 13.6 Å². The third kappa shape index (κ3) is 3.62. The van der Waals surface area contributed by atoms with Crippen molar-refractivity contribution in [1.29, 1.82) is 0 Å². The molecule has 1 unspecified atom stereocenters. The summed E-state index contributed by atoms with van der Waals surface area (Å²) in [5.74, 6) is -1.10. The van der Waals surface area contributed by atoms with Gasteiger partial charge in [0, 0.05) is 13.0 Å². The highest BCUT2D eigenvalue weighted by atomic mass is 19.1. The van der Waals surface area contributed by atoms with Gasteiger partial charge in [0.25, 0.3) is 0 Å². The van der Waals surface area contributed by atoms with Gasteiger partial charge in [-0.3, -0.25) is 4.79 Å². The maximum Gasteiger partial charge on any atom is 0.225 e. The van der Waals surface area contributed by atoms with Gasteiger partial charge in [0.05, 0.1) is 5.69 Å². The summed E-state index contributed by atoms with van der Waals surface area (Å²) >= 11 is 0. The van der Waals surface area contributed by atoms with E-state index in [0.717, 1.165) is 17.7 Å². The third-order valence-electron chi connectivity index (χ3n) is 4.39. The van der Waals surface area contributed by atoms with Crippen LogP contribution in [0, 0.1) is 11.6 Å². The number of rotatable bonds is 4. The van der Waals surface area contributed by atoms with Gasteiger partial charge in [-0.25, -0.2) is 8.78 Å². The fourth-order valence-electron chi connectivity index (χ4n) is 3.04. The Labute approximate surface area is 140 Å². The van der Waals surface area contributed by atoms with E-state index in [4.69, 9.17) is 0 Å². The minimum Gasteiger partial charge on any atom is -0.324 e. The molecule has 0 spiro atoms. The van der Waals surface area contributed by atoms with Crippen LogP contribution in [0.25, 0.3) is 0 Å². The van der Waals surface area contributed by atoms with Crippen molar-refractivity contribution in [1.82, 2.24) is 5.32 Å². The molecule has 24 heavy (non-hydrogen) atoms. The maximum atomic E-state index is 14.5. The van der Waals surface area contributed by atoms with Crippen molar-refractivity contribution >= 4 is 11.6 Å². The Balaban J connectivity index is 1.69.